The average molecular weight is 124 g/mol. The number of rotatable bonds is 2. The maximum absolute atomic E-state index is 3.80. The van der Waals surface area contributed by atoms with E-state index in [0.717, 1.165) is 12.1 Å². The van der Waals surface area contributed by atoms with Crippen LogP contribution in [0.25, 0.3) is 0 Å². The van der Waals surface area contributed by atoms with Gasteiger partial charge in [-0.05, 0) is 17.6 Å². The maximum Gasteiger partial charge on any atom is 0.0852 e. The third-order valence-electron chi connectivity index (χ3n) is 1.05. The lowest BCUT2D eigenvalue weighted by Gasteiger charge is -1.98. The Morgan fingerprint density at radius 1 is 1.56 bits per heavy atom. The normalized spacial score (nSPS) is 16.1. The van der Waals surface area contributed by atoms with E-state index in [9.17, 15) is 0 Å². The highest BCUT2D eigenvalue weighted by molar-refractivity contribution is 5.00. The summed E-state index contributed by atoms with van der Waals surface area (Å²) < 4.78 is 0. The first-order chi connectivity index (χ1) is 4.29. The number of hydrogen-bond donors (Lipinski definition) is 0. The van der Waals surface area contributed by atoms with Gasteiger partial charge in [0.05, 0.1) is 11.9 Å². The number of nitrogens with zero attached hydrogens (tertiary/aromatic N) is 3. The van der Waals surface area contributed by atoms with Gasteiger partial charge in [-0.1, -0.05) is 13.8 Å². The highest BCUT2D eigenvalue weighted by Gasteiger charge is 2.03. The molecule has 0 saturated heterocycles. The molecule has 3 heteroatoms. The molecule has 0 amide bonds. The highest BCUT2D eigenvalue weighted by Crippen LogP contribution is 2.13. The van der Waals surface area contributed by atoms with Crippen LogP contribution < -0.4 is 5.43 Å². The van der Waals surface area contributed by atoms with Crippen LogP contribution in [0.4, 0.5) is 0 Å². The van der Waals surface area contributed by atoms with E-state index in [1.165, 1.54) is 0 Å². The molecule has 49 valence electrons. The summed E-state index contributed by atoms with van der Waals surface area (Å²) in [5, 5.41) is 7.27. The van der Waals surface area contributed by atoms with Gasteiger partial charge in [-0.25, -0.2) is 0 Å². The van der Waals surface area contributed by atoms with E-state index >= 15 is 0 Å². The summed E-state index contributed by atoms with van der Waals surface area (Å²) in [5.74, 6) is 0.642. The first-order valence-electron chi connectivity index (χ1n) is 3.09. The lowest BCUT2D eigenvalue weighted by Crippen LogP contribution is -1.87. The van der Waals surface area contributed by atoms with Crippen molar-refractivity contribution in [3.05, 3.63) is 11.9 Å². The highest BCUT2D eigenvalue weighted by atomic mass is 15.4. The van der Waals surface area contributed by atoms with Crippen LogP contribution in [0.15, 0.2) is 22.2 Å². The van der Waals surface area contributed by atoms with Crippen molar-refractivity contribution in [1.29, 1.82) is 0 Å². The second kappa shape index (κ2) is 2.62. The molecule has 0 fully saturated rings. The van der Waals surface area contributed by atoms with E-state index in [1.807, 2.05) is 0 Å². The van der Waals surface area contributed by atoms with Crippen molar-refractivity contribution in [2.75, 3.05) is 0 Å². The van der Waals surface area contributed by atoms with Gasteiger partial charge < -0.3 is 0 Å². The van der Waals surface area contributed by atoms with E-state index in [-0.39, 0.29) is 0 Å². The standard InChI is InChI=1S/C6H10N3/c1-5(2)3-6-4-7-9-8-6/h4-5H,3H2,1-2H3. The average Bonchev–Trinajstić information content (AvgIpc) is 2.15. The van der Waals surface area contributed by atoms with E-state index in [1.54, 1.807) is 6.20 Å². The minimum absolute atomic E-state index is 0.642. The number of hydrogen-bond acceptors (Lipinski definition) is 2. The largest absolute Gasteiger partial charge is 0.137 e. The summed E-state index contributed by atoms with van der Waals surface area (Å²) in [7, 11) is 0. The molecule has 1 heterocycles. The van der Waals surface area contributed by atoms with Crippen molar-refractivity contribution in [2.24, 2.45) is 16.3 Å². The lowest BCUT2D eigenvalue weighted by atomic mass is 10.1. The minimum Gasteiger partial charge on any atom is -0.137 e. The van der Waals surface area contributed by atoms with Crippen molar-refractivity contribution in [1.82, 2.24) is 5.43 Å². The molecule has 0 aromatic heterocycles. The Bertz CT molecular complexity index is 146. The molecular weight excluding hydrogens is 114 g/mol. The molecule has 0 atom stereocenters. The van der Waals surface area contributed by atoms with Gasteiger partial charge in [0, 0.05) is 0 Å². The Morgan fingerprint density at radius 2 is 2.33 bits per heavy atom. The molecule has 0 unspecified atom stereocenters. The van der Waals surface area contributed by atoms with Crippen LogP contribution in [0.1, 0.15) is 20.3 Å². The lowest BCUT2D eigenvalue weighted by molar-refractivity contribution is 0.637. The molecule has 0 aromatic rings. The molecule has 0 saturated carbocycles. The minimum atomic E-state index is 0.642. The summed E-state index contributed by atoms with van der Waals surface area (Å²) >= 11 is 0. The van der Waals surface area contributed by atoms with Gasteiger partial charge in [-0.15, -0.1) is 10.5 Å². The maximum atomic E-state index is 3.80. The Hall–Kier alpha value is -0.860. The predicted molar refractivity (Wildman–Crippen MR) is 34.5 cm³/mol. The van der Waals surface area contributed by atoms with Crippen molar-refractivity contribution in [3.8, 4) is 0 Å². The molecule has 0 bridgehead atoms. The predicted octanol–water partition coefficient (Wildman–Crippen LogP) is 1.86. The van der Waals surface area contributed by atoms with Crippen molar-refractivity contribution in [2.45, 2.75) is 20.3 Å². The zero-order valence-electron chi connectivity index (χ0n) is 5.70. The zero-order valence-corrected chi connectivity index (χ0v) is 5.70. The molecule has 0 aliphatic carbocycles. The van der Waals surface area contributed by atoms with Crippen molar-refractivity contribution in [3.63, 3.8) is 0 Å². The van der Waals surface area contributed by atoms with Crippen molar-refractivity contribution < 1.29 is 0 Å². The molecular formula is C6H10N3. The van der Waals surface area contributed by atoms with Crippen LogP contribution in [0.5, 0.6) is 0 Å². The quantitative estimate of drug-likeness (QED) is 0.539. The van der Waals surface area contributed by atoms with Gasteiger partial charge in [0.25, 0.3) is 0 Å². The van der Waals surface area contributed by atoms with Crippen LogP contribution in [-0.4, -0.2) is 0 Å². The van der Waals surface area contributed by atoms with E-state index < -0.39 is 0 Å². The Morgan fingerprint density at radius 3 is 2.78 bits per heavy atom. The van der Waals surface area contributed by atoms with Crippen LogP contribution in [0, 0.1) is 5.92 Å². The Balaban J connectivity index is 2.35. The van der Waals surface area contributed by atoms with Crippen LogP contribution in [0.2, 0.25) is 0 Å². The molecule has 9 heavy (non-hydrogen) atoms. The number of allylic oxidation sites excluding steroid dienone is 1. The van der Waals surface area contributed by atoms with E-state index in [2.05, 4.69) is 29.6 Å². The molecule has 1 aliphatic rings. The van der Waals surface area contributed by atoms with Gasteiger partial charge in [-0.2, -0.15) is 0 Å². The zero-order chi connectivity index (χ0) is 6.69. The summed E-state index contributed by atoms with van der Waals surface area (Å²) in [4.78, 5) is 0. The van der Waals surface area contributed by atoms with Gasteiger partial charge in [-0.3, -0.25) is 0 Å². The summed E-state index contributed by atoms with van der Waals surface area (Å²) in [6, 6.07) is 0. The van der Waals surface area contributed by atoms with Crippen LogP contribution in [-0.2, 0) is 0 Å². The summed E-state index contributed by atoms with van der Waals surface area (Å²) in [6.45, 7) is 4.30. The smallest absolute Gasteiger partial charge is 0.0852 e. The molecule has 0 spiro atoms. The SMILES string of the molecule is CC(C)CC1=C[N]N=N1. The molecule has 1 radical (unpaired) electrons. The first kappa shape index (κ1) is 6.26. The topological polar surface area (TPSA) is 38.8 Å². The summed E-state index contributed by atoms with van der Waals surface area (Å²) in [6.07, 6.45) is 2.69. The van der Waals surface area contributed by atoms with Crippen LogP contribution >= 0.6 is 0 Å². The molecule has 0 aromatic carbocycles. The van der Waals surface area contributed by atoms with E-state index in [4.69, 9.17) is 0 Å². The second-order valence-electron chi connectivity index (χ2n) is 2.52. The molecule has 1 rings (SSSR count). The third kappa shape index (κ3) is 1.83. The van der Waals surface area contributed by atoms with Gasteiger partial charge in [0.15, 0.2) is 0 Å². The van der Waals surface area contributed by atoms with Crippen LogP contribution in [0.3, 0.4) is 0 Å². The molecule has 1 aliphatic heterocycles. The second-order valence-corrected chi connectivity index (χ2v) is 2.52. The fourth-order valence-corrected chi connectivity index (χ4v) is 0.713. The fraction of sp³-hybridized carbons (Fsp3) is 0.667. The Labute approximate surface area is 54.8 Å². The Kier molecular flexibility index (Phi) is 1.82. The fourth-order valence-electron chi connectivity index (χ4n) is 0.713. The van der Waals surface area contributed by atoms with Gasteiger partial charge in [0.1, 0.15) is 0 Å². The van der Waals surface area contributed by atoms with Crippen molar-refractivity contribution >= 4 is 0 Å². The first-order valence-corrected chi connectivity index (χ1v) is 3.09. The van der Waals surface area contributed by atoms with Gasteiger partial charge in [0.2, 0.25) is 0 Å². The molecule has 3 nitrogen and oxygen atoms in total. The molecule has 0 N–H and O–H groups in total. The monoisotopic (exact) mass is 124 g/mol. The van der Waals surface area contributed by atoms with Gasteiger partial charge >= 0.3 is 0 Å². The summed E-state index contributed by atoms with van der Waals surface area (Å²) in [5.41, 5.74) is 4.60. The van der Waals surface area contributed by atoms with E-state index in [0.29, 0.717) is 5.92 Å². The third-order valence-corrected chi connectivity index (χ3v) is 1.05.